The molecule has 1 amide bonds. The number of thioether (sulfide) groups is 1. The summed E-state index contributed by atoms with van der Waals surface area (Å²) >= 11 is 1.28. The van der Waals surface area contributed by atoms with Gasteiger partial charge >= 0.3 is 5.16 Å². The molecule has 0 spiro atoms. The Hall–Kier alpha value is -4.31. The number of aromatic hydroxyl groups is 1. The maximum atomic E-state index is 12.5. The number of carbonyl (C=O) groups excluding carboxylic acids is 1. The molecule has 9 nitrogen and oxygen atoms in total. The summed E-state index contributed by atoms with van der Waals surface area (Å²) in [5, 5.41) is 21.9. The quantitative estimate of drug-likeness (QED) is 0.139. The average molecular weight is 505 g/mol. The van der Waals surface area contributed by atoms with Gasteiger partial charge in [0.2, 0.25) is 0 Å². The largest absolute Gasteiger partial charge is 0.504 e. The zero-order chi connectivity index (χ0) is 25.5. The number of carbonyl (C=O) groups is 1. The van der Waals surface area contributed by atoms with Gasteiger partial charge in [-0.25, -0.2) is 5.43 Å². The number of benzene rings is 3. The number of nitrogens with zero attached hydrogens (tertiary/aromatic N) is 3. The van der Waals surface area contributed by atoms with E-state index in [-0.39, 0.29) is 17.4 Å². The van der Waals surface area contributed by atoms with Crippen LogP contribution in [0.2, 0.25) is 0 Å². The molecule has 4 aromatic rings. The van der Waals surface area contributed by atoms with E-state index >= 15 is 0 Å². The van der Waals surface area contributed by atoms with Crippen LogP contribution in [0.25, 0.3) is 17.1 Å². The van der Waals surface area contributed by atoms with Gasteiger partial charge in [-0.05, 0) is 78.8 Å². The van der Waals surface area contributed by atoms with Crippen LogP contribution in [0.1, 0.15) is 11.1 Å². The molecule has 1 heterocycles. The van der Waals surface area contributed by atoms with Gasteiger partial charge in [0.25, 0.3) is 11.7 Å². The number of ether oxygens (including phenoxy) is 2. The summed E-state index contributed by atoms with van der Waals surface area (Å²) in [4.78, 5) is 12.5. The van der Waals surface area contributed by atoms with Gasteiger partial charge in [0.15, 0.2) is 11.5 Å². The molecule has 10 heteroatoms. The number of aryl methyl sites for hydroxylation is 1. The maximum absolute atomic E-state index is 12.5. The molecule has 0 aliphatic heterocycles. The van der Waals surface area contributed by atoms with E-state index in [1.807, 2.05) is 60.0 Å². The third-order valence-corrected chi connectivity index (χ3v) is 6.21. The summed E-state index contributed by atoms with van der Waals surface area (Å²) < 4.78 is 12.3. The molecule has 0 bridgehead atoms. The van der Waals surface area contributed by atoms with Gasteiger partial charge in [0.05, 0.1) is 36.8 Å². The molecule has 0 aliphatic rings. The Kier molecular flexibility index (Phi) is 7.86. The lowest BCUT2D eigenvalue weighted by Crippen LogP contribution is -2.34. The average Bonchev–Trinajstić information content (AvgIpc) is 3.32. The zero-order valence-corrected chi connectivity index (χ0v) is 20.9. The molecule has 0 aliphatic carbocycles. The van der Waals surface area contributed by atoms with E-state index in [9.17, 15) is 9.90 Å². The number of phenols is 1. The van der Waals surface area contributed by atoms with E-state index in [2.05, 4.69) is 20.7 Å². The summed E-state index contributed by atoms with van der Waals surface area (Å²) in [7, 11) is 3.09. The Morgan fingerprint density at radius 2 is 1.86 bits per heavy atom. The fourth-order valence-corrected chi connectivity index (χ4v) is 4.15. The van der Waals surface area contributed by atoms with Crippen molar-refractivity contribution in [2.45, 2.75) is 12.1 Å². The molecule has 0 unspecified atom stereocenters. The van der Waals surface area contributed by atoms with Crippen LogP contribution in [0.4, 0.5) is 0 Å². The van der Waals surface area contributed by atoms with Crippen molar-refractivity contribution in [3.63, 3.8) is 0 Å². The summed E-state index contributed by atoms with van der Waals surface area (Å²) in [6.07, 6.45) is 1.48. The molecule has 184 valence electrons. The van der Waals surface area contributed by atoms with Crippen molar-refractivity contribution in [2.75, 3.05) is 20.0 Å². The van der Waals surface area contributed by atoms with Gasteiger partial charge in [-0.15, -0.1) is 5.10 Å². The fourth-order valence-electron chi connectivity index (χ4n) is 3.38. The number of hydrogen-bond acceptors (Lipinski definition) is 7. The van der Waals surface area contributed by atoms with Crippen molar-refractivity contribution < 1.29 is 23.9 Å². The Morgan fingerprint density at radius 1 is 1.11 bits per heavy atom. The molecular weight excluding hydrogens is 478 g/mol. The molecule has 3 aromatic carbocycles. The number of amides is 1. The first-order chi connectivity index (χ1) is 17.5. The number of aromatic amines is 1. The van der Waals surface area contributed by atoms with E-state index in [4.69, 9.17) is 9.47 Å². The van der Waals surface area contributed by atoms with Crippen LogP contribution in [-0.4, -0.2) is 47.4 Å². The Labute approximate surface area is 212 Å². The van der Waals surface area contributed by atoms with Crippen LogP contribution in [0.5, 0.6) is 17.2 Å². The smallest absolute Gasteiger partial charge is 0.342 e. The van der Waals surface area contributed by atoms with Crippen molar-refractivity contribution in [1.29, 1.82) is 0 Å². The molecule has 0 radical (unpaired) electrons. The number of methoxy groups -OCH3 is 2. The van der Waals surface area contributed by atoms with Crippen LogP contribution in [0.15, 0.2) is 77.0 Å². The monoisotopic (exact) mass is 504 g/mol. The number of hydrazone groups is 1. The second kappa shape index (κ2) is 11.4. The topological polar surface area (TPSA) is 113 Å². The van der Waals surface area contributed by atoms with E-state index in [0.29, 0.717) is 16.5 Å². The van der Waals surface area contributed by atoms with E-state index in [0.717, 1.165) is 28.4 Å². The van der Waals surface area contributed by atoms with Gasteiger partial charge in [0.1, 0.15) is 11.4 Å². The van der Waals surface area contributed by atoms with Crippen molar-refractivity contribution in [3.8, 4) is 34.3 Å². The maximum Gasteiger partial charge on any atom is 0.342 e. The first-order valence-electron chi connectivity index (χ1n) is 11.0. The van der Waals surface area contributed by atoms with Crippen LogP contribution >= 0.6 is 11.8 Å². The van der Waals surface area contributed by atoms with Crippen molar-refractivity contribution in [3.05, 3.63) is 77.9 Å². The van der Waals surface area contributed by atoms with Gasteiger partial charge in [-0.3, -0.25) is 4.79 Å². The lowest BCUT2D eigenvalue weighted by molar-refractivity contribution is -0.625. The molecule has 4 rings (SSSR count). The highest BCUT2D eigenvalue weighted by Gasteiger charge is 2.24. The Morgan fingerprint density at radius 3 is 2.56 bits per heavy atom. The standard InChI is InChI=1S/C26H25N5O4S/c1-17-4-7-19(8-5-17)25-29-30-26(31(25)20-9-11-21(34-2)12-10-20)36-16-24(33)28-27-15-18-6-13-22(32)23(14-18)35-3/h4-15H,16H2,1-3H3,(H2,27,28,32,33)/p+1. The minimum atomic E-state index is -0.289. The van der Waals surface area contributed by atoms with Crippen LogP contribution in [-0.2, 0) is 4.79 Å². The minimum Gasteiger partial charge on any atom is -0.504 e. The predicted octanol–water partition coefficient (Wildman–Crippen LogP) is 3.63. The molecule has 3 N–H and O–H groups in total. The molecule has 36 heavy (non-hydrogen) atoms. The number of rotatable bonds is 9. The first-order valence-corrected chi connectivity index (χ1v) is 12.0. The van der Waals surface area contributed by atoms with Gasteiger partial charge < -0.3 is 14.6 Å². The second-order valence-corrected chi connectivity index (χ2v) is 8.71. The zero-order valence-electron chi connectivity index (χ0n) is 20.1. The van der Waals surface area contributed by atoms with E-state index in [1.54, 1.807) is 19.2 Å². The summed E-state index contributed by atoms with van der Waals surface area (Å²) in [5.74, 6) is 1.71. The molecular formula is C26H26N5O4S+. The highest BCUT2D eigenvalue weighted by Crippen LogP contribution is 2.25. The van der Waals surface area contributed by atoms with Gasteiger partial charge in [0, 0.05) is 0 Å². The first kappa shape index (κ1) is 24.8. The minimum absolute atomic E-state index is 0.0317. The van der Waals surface area contributed by atoms with Crippen LogP contribution in [0, 0.1) is 6.92 Å². The predicted molar refractivity (Wildman–Crippen MR) is 138 cm³/mol. The van der Waals surface area contributed by atoms with Crippen molar-refractivity contribution in [1.82, 2.24) is 15.6 Å². The highest BCUT2D eigenvalue weighted by atomic mass is 32.2. The van der Waals surface area contributed by atoms with Crippen LogP contribution in [0.3, 0.4) is 0 Å². The molecule has 1 aromatic heterocycles. The highest BCUT2D eigenvalue weighted by molar-refractivity contribution is 7.99. The van der Waals surface area contributed by atoms with Crippen molar-refractivity contribution >= 4 is 23.9 Å². The van der Waals surface area contributed by atoms with E-state index in [1.165, 1.54) is 31.2 Å². The number of nitrogens with one attached hydrogen (secondary N) is 2. The third-order valence-electron chi connectivity index (χ3n) is 5.27. The normalized spacial score (nSPS) is 11.0. The lowest BCUT2D eigenvalue weighted by atomic mass is 10.1. The summed E-state index contributed by atoms with van der Waals surface area (Å²) in [5.41, 5.74) is 6.19. The third kappa shape index (κ3) is 5.84. The second-order valence-electron chi connectivity index (χ2n) is 7.77. The Bertz CT molecular complexity index is 1370. The summed E-state index contributed by atoms with van der Waals surface area (Å²) in [6.45, 7) is 2.04. The summed E-state index contributed by atoms with van der Waals surface area (Å²) in [6, 6.07) is 20.5. The lowest BCUT2D eigenvalue weighted by Gasteiger charge is -2.06. The number of phenolic OH excluding ortho intramolecular Hbond substituents is 1. The molecule has 0 saturated heterocycles. The van der Waals surface area contributed by atoms with Gasteiger partial charge in [-0.2, -0.15) is 9.67 Å². The van der Waals surface area contributed by atoms with E-state index < -0.39 is 0 Å². The number of H-pyrrole nitrogens is 1. The van der Waals surface area contributed by atoms with Crippen molar-refractivity contribution in [2.24, 2.45) is 5.10 Å². The molecule has 0 saturated carbocycles. The van der Waals surface area contributed by atoms with Crippen LogP contribution < -0.4 is 19.5 Å². The fraction of sp³-hybridized carbons (Fsp3) is 0.154. The van der Waals surface area contributed by atoms with Gasteiger partial charge in [-0.1, -0.05) is 17.7 Å². The SMILES string of the molecule is COc1ccc(-[n+]2c(SCC(=O)N/N=C/c3ccc(O)c(OC)c3)n[nH]c2-c2ccc(C)cc2)cc1. The molecule has 0 fully saturated rings. The number of hydrogen-bond donors (Lipinski definition) is 3. The Balaban J connectivity index is 1.50. The molecule has 0 atom stereocenters. The number of aromatic nitrogens is 3.